The zero-order chi connectivity index (χ0) is 18.4. The van der Waals surface area contributed by atoms with E-state index in [1.807, 2.05) is 48.5 Å². The molecule has 0 aliphatic rings. The van der Waals surface area contributed by atoms with Crippen molar-refractivity contribution in [1.82, 2.24) is 9.55 Å². The molecule has 0 saturated carbocycles. The zero-order valence-corrected chi connectivity index (χ0v) is 14.4. The predicted octanol–water partition coefficient (Wildman–Crippen LogP) is 2.91. The van der Waals surface area contributed by atoms with E-state index in [1.165, 1.54) is 17.8 Å². The lowest BCUT2D eigenvalue weighted by Crippen LogP contribution is -2.26. The Morgan fingerprint density at radius 1 is 1.04 bits per heavy atom. The van der Waals surface area contributed by atoms with Gasteiger partial charge < -0.3 is 10.1 Å². The molecular formula is C20H19N3O3. The Balaban J connectivity index is 1.86. The summed E-state index contributed by atoms with van der Waals surface area (Å²) >= 11 is 0. The molecule has 132 valence electrons. The average molecular weight is 349 g/mol. The van der Waals surface area contributed by atoms with Crippen LogP contribution in [0, 0.1) is 0 Å². The van der Waals surface area contributed by atoms with Crippen molar-refractivity contribution in [2.75, 3.05) is 5.32 Å². The van der Waals surface area contributed by atoms with Crippen LogP contribution in [-0.2, 0) is 22.7 Å². The second-order valence-corrected chi connectivity index (χ2v) is 5.74. The molecule has 1 heterocycles. The highest BCUT2D eigenvalue weighted by Crippen LogP contribution is 2.13. The molecule has 6 heteroatoms. The van der Waals surface area contributed by atoms with Gasteiger partial charge in [0.05, 0.1) is 24.6 Å². The Kier molecular flexibility index (Phi) is 5.56. The van der Waals surface area contributed by atoms with Gasteiger partial charge in [0.1, 0.15) is 12.0 Å². The second kappa shape index (κ2) is 8.22. The highest BCUT2D eigenvalue weighted by molar-refractivity contribution is 5.89. The van der Waals surface area contributed by atoms with Crippen molar-refractivity contribution in [2.24, 2.45) is 0 Å². The third-order valence-corrected chi connectivity index (χ3v) is 3.74. The molecule has 2 aromatic carbocycles. The number of amides is 1. The summed E-state index contributed by atoms with van der Waals surface area (Å²) in [6, 6.07) is 18.8. The topological polar surface area (TPSA) is 73.2 Å². The number of carbonyl (C=O) groups is 1. The van der Waals surface area contributed by atoms with Crippen molar-refractivity contribution < 1.29 is 9.53 Å². The fourth-order valence-electron chi connectivity index (χ4n) is 2.51. The molecule has 0 aliphatic carbocycles. The predicted molar refractivity (Wildman–Crippen MR) is 99.1 cm³/mol. The maximum atomic E-state index is 12.8. The Labute approximate surface area is 151 Å². The van der Waals surface area contributed by atoms with Gasteiger partial charge in [-0.1, -0.05) is 48.5 Å². The van der Waals surface area contributed by atoms with E-state index < -0.39 is 0 Å². The first-order valence-electron chi connectivity index (χ1n) is 8.20. The van der Waals surface area contributed by atoms with Crippen molar-refractivity contribution in [3.05, 3.63) is 88.6 Å². The zero-order valence-electron chi connectivity index (χ0n) is 14.4. The van der Waals surface area contributed by atoms with Crippen molar-refractivity contribution in [2.45, 2.75) is 20.1 Å². The van der Waals surface area contributed by atoms with Crippen LogP contribution in [0.5, 0.6) is 0 Å². The highest BCUT2D eigenvalue weighted by atomic mass is 16.5. The number of aromatic nitrogens is 2. The van der Waals surface area contributed by atoms with E-state index in [0.29, 0.717) is 18.0 Å². The number of anilines is 1. The fraction of sp³-hybridized carbons (Fsp3) is 0.150. The number of nitrogens with zero attached hydrogens (tertiary/aromatic N) is 2. The molecule has 26 heavy (non-hydrogen) atoms. The number of hydrogen-bond donors (Lipinski definition) is 1. The van der Waals surface area contributed by atoms with Crippen molar-refractivity contribution in [3.8, 4) is 5.69 Å². The highest BCUT2D eigenvalue weighted by Gasteiger charge is 2.14. The molecule has 0 spiro atoms. The van der Waals surface area contributed by atoms with Crippen molar-refractivity contribution in [3.63, 3.8) is 0 Å². The van der Waals surface area contributed by atoms with E-state index in [9.17, 15) is 9.59 Å². The summed E-state index contributed by atoms with van der Waals surface area (Å²) in [5, 5.41) is 2.59. The molecule has 3 rings (SSSR count). The van der Waals surface area contributed by atoms with E-state index in [0.717, 1.165) is 5.56 Å². The number of carbonyl (C=O) groups excluding carboxylic acids is 1. The molecule has 0 aliphatic heterocycles. The monoisotopic (exact) mass is 349 g/mol. The van der Waals surface area contributed by atoms with E-state index in [2.05, 4.69) is 10.3 Å². The van der Waals surface area contributed by atoms with Crippen molar-refractivity contribution in [1.29, 1.82) is 0 Å². The minimum absolute atomic E-state index is 0.120. The smallest absolute Gasteiger partial charge is 0.282 e. The molecule has 0 fully saturated rings. The first kappa shape index (κ1) is 17.6. The third-order valence-electron chi connectivity index (χ3n) is 3.74. The Morgan fingerprint density at radius 3 is 2.35 bits per heavy atom. The van der Waals surface area contributed by atoms with Gasteiger partial charge in [-0.25, -0.2) is 4.98 Å². The number of para-hydroxylation sites is 1. The minimum atomic E-state index is -0.347. The molecular weight excluding hydrogens is 330 g/mol. The second-order valence-electron chi connectivity index (χ2n) is 5.74. The van der Waals surface area contributed by atoms with Gasteiger partial charge >= 0.3 is 0 Å². The van der Waals surface area contributed by atoms with Crippen LogP contribution >= 0.6 is 0 Å². The summed E-state index contributed by atoms with van der Waals surface area (Å²) in [4.78, 5) is 28.7. The summed E-state index contributed by atoms with van der Waals surface area (Å²) < 4.78 is 7.06. The van der Waals surface area contributed by atoms with Gasteiger partial charge in [-0.2, -0.15) is 0 Å². The van der Waals surface area contributed by atoms with E-state index >= 15 is 0 Å². The minimum Gasteiger partial charge on any atom is -0.370 e. The van der Waals surface area contributed by atoms with Crippen LogP contribution in [0.2, 0.25) is 0 Å². The van der Waals surface area contributed by atoms with Gasteiger partial charge in [-0.3, -0.25) is 14.2 Å². The van der Waals surface area contributed by atoms with Crippen LogP contribution in [-0.4, -0.2) is 15.5 Å². The van der Waals surface area contributed by atoms with Crippen LogP contribution in [0.1, 0.15) is 18.2 Å². The molecule has 0 radical (unpaired) electrons. The molecule has 1 amide bonds. The fourth-order valence-corrected chi connectivity index (χ4v) is 2.51. The standard InChI is InChI=1S/C20H19N3O3/c1-15(24)22-19-18(13-26-12-16-8-4-2-5-9-16)21-14-23(20(19)25)17-10-6-3-7-11-17/h2-11,14H,12-13H2,1H3,(H,22,24). The average Bonchev–Trinajstić information content (AvgIpc) is 2.66. The molecule has 0 saturated heterocycles. The van der Waals surface area contributed by atoms with E-state index in [4.69, 9.17) is 4.74 Å². The molecule has 1 aromatic heterocycles. The van der Waals surface area contributed by atoms with Crippen LogP contribution < -0.4 is 10.9 Å². The van der Waals surface area contributed by atoms with Gasteiger partial charge in [0, 0.05) is 6.92 Å². The Hall–Kier alpha value is -3.25. The van der Waals surface area contributed by atoms with Crippen LogP contribution in [0.25, 0.3) is 5.69 Å². The first-order valence-corrected chi connectivity index (χ1v) is 8.20. The number of nitrogens with one attached hydrogen (secondary N) is 1. The van der Waals surface area contributed by atoms with E-state index in [1.54, 1.807) is 12.1 Å². The SMILES string of the molecule is CC(=O)Nc1c(COCc2ccccc2)ncn(-c2ccccc2)c1=O. The lowest BCUT2D eigenvalue weighted by Gasteiger charge is -2.12. The molecule has 3 aromatic rings. The van der Waals surface area contributed by atoms with Gasteiger partial charge in [0.25, 0.3) is 5.56 Å². The van der Waals surface area contributed by atoms with Crippen LogP contribution in [0.3, 0.4) is 0 Å². The summed E-state index contributed by atoms with van der Waals surface area (Å²) in [7, 11) is 0. The quantitative estimate of drug-likeness (QED) is 0.743. The molecule has 6 nitrogen and oxygen atoms in total. The number of rotatable bonds is 6. The van der Waals surface area contributed by atoms with Crippen LogP contribution in [0.15, 0.2) is 71.8 Å². The first-order chi connectivity index (χ1) is 12.6. The van der Waals surface area contributed by atoms with Crippen LogP contribution in [0.4, 0.5) is 5.69 Å². The Bertz CT molecular complexity index is 938. The summed E-state index contributed by atoms with van der Waals surface area (Å²) in [5.41, 5.74) is 1.88. The van der Waals surface area contributed by atoms with Crippen molar-refractivity contribution >= 4 is 11.6 Å². The van der Waals surface area contributed by atoms with E-state index in [-0.39, 0.29) is 23.8 Å². The molecule has 0 atom stereocenters. The number of ether oxygens (including phenoxy) is 1. The maximum Gasteiger partial charge on any atom is 0.282 e. The lowest BCUT2D eigenvalue weighted by atomic mass is 10.2. The van der Waals surface area contributed by atoms with Gasteiger partial charge in [-0.05, 0) is 17.7 Å². The summed E-state index contributed by atoms with van der Waals surface area (Å²) in [5.74, 6) is -0.334. The normalized spacial score (nSPS) is 10.5. The number of hydrogen-bond acceptors (Lipinski definition) is 4. The third kappa shape index (κ3) is 4.23. The lowest BCUT2D eigenvalue weighted by molar-refractivity contribution is -0.114. The molecule has 0 unspecified atom stereocenters. The van der Waals surface area contributed by atoms with Gasteiger partial charge in [-0.15, -0.1) is 0 Å². The molecule has 1 N–H and O–H groups in total. The number of benzene rings is 2. The largest absolute Gasteiger partial charge is 0.370 e. The summed E-state index contributed by atoms with van der Waals surface area (Å²) in [6.07, 6.45) is 1.45. The Morgan fingerprint density at radius 2 is 1.69 bits per heavy atom. The summed E-state index contributed by atoms with van der Waals surface area (Å²) in [6.45, 7) is 1.87. The maximum absolute atomic E-state index is 12.8. The van der Waals surface area contributed by atoms with Gasteiger partial charge in [0.2, 0.25) is 5.91 Å². The molecule has 0 bridgehead atoms. The van der Waals surface area contributed by atoms with Gasteiger partial charge in [0.15, 0.2) is 0 Å².